The van der Waals surface area contributed by atoms with Crippen LogP contribution in [0.5, 0.6) is 0 Å². The number of carbonyl (C=O) groups excluding carboxylic acids is 3. The summed E-state index contributed by atoms with van der Waals surface area (Å²) in [5.74, 6) is -0.696. The van der Waals surface area contributed by atoms with Crippen LogP contribution in [0.1, 0.15) is 39.2 Å². The second kappa shape index (κ2) is 7.78. The summed E-state index contributed by atoms with van der Waals surface area (Å²) in [5.41, 5.74) is -0.0686. The maximum absolute atomic E-state index is 12.8. The van der Waals surface area contributed by atoms with Crippen LogP contribution in [-0.4, -0.2) is 46.9 Å². The molecule has 2 rings (SSSR count). The molecule has 3 amide bonds. The highest BCUT2D eigenvalue weighted by Crippen LogP contribution is 2.36. The van der Waals surface area contributed by atoms with Crippen molar-refractivity contribution < 1.29 is 19.5 Å². The van der Waals surface area contributed by atoms with Crippen molar-refractivity contribution in [2.75, 3.05) is 13.2 Å². The van der Waals surface area contributed by atoms with E-state index in [2.05, 4.69) is 5.32 Å². The summed E-state index contributed by atoms with van der Waals surface area (Å²) in [6.07, 6.45) is 0.147. The highest BCUT2D eigenvalue weighted by Gasteiger charge is 2.49. The van der Waals surface area contributed by atoms with Crippen molar-refractivity contribution >= 4 is 17.7 Å². The number of nitrogens with zero attached hydrogens (tertiary/aromatic N) is 1. The van der Waals surface area contributed by atoms with Crippen LogP contribution in [0.3, 0.4) is 0 Å². The molecule has 1 aliphatic heterocycles. The Kier molecular flexibility index (Phi) is 5.95. The molecule has 2 atom stereocenters. The number of aliphatic hydroxyl groups excluding tert-OH is 1. The van der Waals surface area contributed by atoms with E-state index in [1.807, 2.05) is 44.2 Å². The van der Waals surface area contributed by atoms with E-state index in [0.717, 1.165) is 5.56 Å². The van der Waals surface area contributed by atoms with Crippen LogP contribution in [0, 0.1) is 5.92 Å². The molecule has 0 aliphatic carbocycles. The van der Waals surface area contributed by atoms with E-state index < -0.39 is 5.41 Å². The van der Waals surface area contributed by atoms with E-state index in [4.69, 9.17) is 0 Å². The third-order valence-electron chi connectivity index (χ3n) is 4.84. The highest BCUT2D eigenvalue weighted by molar-refractivity contribution is 6.09. The van der Waals surface area contributed by atoms with Crippen molar-refractivity contribution in [1.82, 2.24) is 10.2 Å². The molecule has 1 fully saturated rings. The van der Waals surface area contributed by atoms with E-state index in [9.17, 15) is 19.5 Å². The summed E-state index contributed by atoms with van der Waals surface area (Å²) in [4.78, 5) is 38.3. The average molecular weight is 346 g/mol. The molecule has 0 bridgehead atoms. The minimum Gasteiger partial charge on any atom is -0.394 e. The number of nitrogens with one attached hydrogen (secondary N) is 1. The lowest BCUT2D eigenvalue weighted by Crippen LogP contribution is -2.43. The van der Waals surface area contributed by atoms with Crippen LogP contribution in [-0.2, 0) is 19.8 Å². The number of aliphatic hydroxyl groups is 1. The zero-order valence-electron chi connectivity index (χ0n) is 15.0. The van der Waals surface area contributed by atoms with Crippen LogP contribution in [0.15, 0.2) is 30.3 Å². The second-order valence-electron chi connectivity index (χ2n) is 7.08. The molecule has 6 nitrogen and oxygen atoms in total. The lowest BCUT2D eigenvalue weighted by molar-refractivity contribution is -0.140. The van der Waals surface area contributed by atoms with Crippen molar-refractivity contribution in [3.63, 3.8) is 0 Å². The number of imide groups is 1. The molecule has 1 aliphatic rings. The summed E-state index contributed by atoms with van der Waals surface area (Å²) >= 11 is 0. The molecule has 1 heterocycles. The van der Waals surface area contributed by atoms with Crippen LogP contribution in [0.2, 0.25) is 0 Å². The van der Waals surface area contributed by atoms with Gasteiger partial charge in [0, 0.05) is 19.4 Å². The number of hydrogen-bond donors (Lipinski definition) is 2. The van der Waals surface area contributed by atoms with Crippen molar-refractivity contribution in [2.45, 2.75) is 45.1 Å². The quantitative estimate of drug-likeness (QED) is 0.727. The van der Waals surface area contributed by atoms with E-state index in [1.165, 1.54) is 4.90 Å². The third kappa shape index (κ3) is 4.07. The number of carbonyl (C=O) groups is 3. The molecule has 2 N–H and O–H groups in total. The monoisotopic (exact) mass is 346 g/mol. The van der Waals surface area contributed by atoms with Gasteiger partial charge in [0.25, 0.3) is 0 Å². The number of benzene rings is 1. The Balaban J connectivity index is 2.00. The molecule has 1 saturated heterocycles. The first-order valence-electron chi connectivity index (χ1n) is 8.60. The van der Waals surface area contributed by atoms with Gasteiger partial charge in [-0.2, -0.15) is 0 Å². The number of amides is 3. The van der Waals surface area contributed by atoms with Gasteiger partial charge in [0.2, 0.25) is 17.7 Å². The van der Waals surface area contributed by atoms with Crippen molar-refractivity contribution in [3.8, 4) is 0 Å². The van der Waals surface area contributed by atoms with Crippen molar-refractivity contribution in [1.29, 1.82) is 0 Å². The number of hydrogen-bond acceptors (Lipinski definition) is 4. The Morgan fingerprint density at radius 2 is 1.92 bits per heavy atom. The zero-order valence-corrected chi connectivity index (χ0v) is 15.0. The topological polar surface area (TPSA) is 86.7 Å². The summed E-state index contributed by atoms with van der Waals surface area (Å²) in [5, 5.41) is 12.0. The summed E-state index contributed by atoms with van der Waals surface area (Å²) < 4.78 is 0. The van der Waals surface area contributed by atoms with Crippen LogP contribution >= 0.6 is 0 Å². The fourth-order valence-corrected chi connectivity index (χ4v) is 3.06. The fraction of sp³-hybridized carbons (Fsp3) is 0.526. The van der Waals surface area contributed by atoms with Gasteiger partial charge in [-0.1, -0.05) is 44.2 Å². The first-order chi connectivity index (χ1) is 11.8. The maximum atomic E-state index is 12.8. The molecular weight excluding hydrogens is 320 g/mol. The largest absolute Gasteiger partial charge is 0.394 e. The van der Waals surface area contributed by atoms with Crippen molar-refractivity contribution in [2.24, 2.45) is 5.92 Å². The molecule has 0 spiro atoms. The molecule has 0 aromatic heterocycles. The molecule has 1 unspecified atom stereocenters. The Hall–Kier alpha value is -2.21. The van der Waals surface area contributed by atoms with Gasteiger partial charge >= 0.3 is 0 Å². The summed E-state index contributed by atoms with van der Waals surface area (Å²) in [6.45, 7) is 5.49. The Morgan fingerprint density at radius 1 is 1.28 bits per heavy atom. The molecule has 0 radical (unpaired) electrons. The molecule has 0 saturated carbocycles. The van der Waals surface area contributed by atoms with E-state index in [1.54, 1.807) is 6.92 Å². The normalized spacial score (nSPS) is 21.7. The molecule has 1 aromatic carbocycles. The molecule has 1 aromatic rings. The molecule has 25 heavy (non-hydrogen) atoms. The maximum Gasteiger partial charge on any atom is 0.240 e. The first-order valence-corrected chi connectivity index (χ1v) is 8.60. The summed E-state index contributed by atoms with van der Waals surface area (Å²) in [6, 6.07) is 8.91. The van der Waals surface area contributed by atoms with Gasteiger partial charge in [-0.05, 0) is 18.4 Å². The van der Waals surface area contributed by atoms with Gasteiger partial charge in [-0.25, -0.2) is 0 Å². The van der Waals surface area contributed by atoms with Gasteiger partial charge in [-0.3, -0.25) is 19.3 Å². The van der Waals surface area contributed by atoms with Crippen LogP contribution in [0.4, 0.5) is 0 Å². The van der Waals surface area contributed by atoms with Crippen LogP contribution in [0.25, 0.3) is 0 Å². The van der Waals surface area contributed by atoms with Gasteiger partial charge in [0.05, 0.1) is 18.1 Å². The van der Waals surface area contributed by atoms with Gasteiger partial charge in [-0.15, -0.1) is 0 Å². The third-order valence-corrected chi connectivity index (χ3v) is 4.84. The van der Waals surface area contributed by atoms with Crippen LogP contribution < -0.4 is 5.32 Å². The van der Waals surface area contributed by atoms with E-state index in [-0.39, 0.29) is 55.7 Å². The predicted molar refractivity (Wildman–Crippen MR) is 93.6 cm³/mol. The average Bonchev–Trinajstić information content (AvgIpc) is 2.81. The standard InChI is InChI=1S/C19H26N2O4/c1-13(2)15(12-22)20-16(23)9-10-21-17(24)11-19(3,18(21)25)14-7-5-4-6-8-14/h4-8,13,15,22H,9-12H2,1-3H3,(H,20,23)/t15-,19?/m1/s1. The SMILES string of the molecule is CC(C)[C@@H](CO)NC(=O)CCN1C(=O)CC(C)(c2ccccc2)C1=O. The van der Waals surface area contributed by atoms with Gasteiger partial charge in [0.15, 0.2) is 0 Å². The summed E-state index contributed by atoms with van der Waals surface area (Å²) in [7, 11) is 0. The van der Waals surface area contributed by atoms with E-state index >= 15 is 0 Å². The lowest BCUT2D eigenvalue weighted by Gasteiger charge is -2.23. The van der Waals surface area contributed by atoms with E-state index in [0.29, 0.717) is 0 Å². The molecular formula is C19H26N2O4. The number of likely N-dealkylation sites (tertiary alicyclic amines) is 1. The van der Waals surface area contributed by atoms with Crippen molar-refractivity contribution in [3.05, 3.63) is 35.9 Å². The molecule has 6 heteroatoms. The highest BCUT2D eigenvalue weighted by atomic mass is 16.3. The Morgan fingerprint density at radius 3 is 2.48 bits per heavy atom. The zero-order chi connectivity index (χ0) is 18.6. The number of rotatable bonds is 7. The predicted octanol–water partition coefficient (Wildman–Crippen LogP) is 1.23. The second-order valence-corrected chi connectivity index (χ2v) is 7.08. The fourth-order valence-electron chi connectivity index (χ4n) is 3.06. The molecule has 136 valence electrons. The minimum absolute atomic E-state index is 0.0333. The smallest absolute Gasteiger partial charge is 0.240 e. The Bertz CT molecular complexity index is 644. The lowest BCUT2D eigenvalue weighted by atomic mass is 9.81. The van der Waals surface area contributed by atoms with Gasteiger partial charge < -0.3 is 10.4 Å². The first kappa shape index (κ1) is 19.1. The van der Waals surface area contributed by atoms with Gasteiger partial charge in [0.1, 0.15) is 0 Å². The Labute approximate surface area is 148 Å². The minimum atomic E-state index is -0.875.